The normalized spacial score (nSPS) is 11.7. The third-order valence-corrected chi connectivity index (χ3v) is 4.28. The van der Waals surface area contributed by atoms with Crippen molar-refractivity contribution in [3.63, 3.8) is 0 Å². The summed E-state index contributed by atoms with van der Waals surface area (Å²) >= 11 is 3.18. The largest absolute Gasteiger partial charge is 0.472 e. The van der Waals surface area contributed by atoms with Gasteiger partial charge in [-0.15, -0.1) is 0 Å². The molecular weight excluding hydrogens is 424 g/mol. The maximum atomic E-state index is 13.8. The molecule has 0 saturated heterocycles. The van der Waals surface area contributed by atoms with Crippen molar-refractivity contribution in [2.75, 3.05) is 11.9 Å². The lowest BCUT2D eigenvalue weighted by Gasteiger charge is -2.22. The van der Waals surface area contributed by atoms with Crippen molar-refractivity contribution in [3.05, 3.63) is 50.2 Å². The molecule has 0 unspecified atom stereocenters. The molecule has 2 N–H and O–H groups in total. The summed E-state index contributed by atoms with van der Waals surface area (Å²) in [4.78, 5) is 17.0. The van der Waals surface area contributed by atoms with Crippen LogP contribution in [0.2, 0.25) is 0 Å². The summed E-state index contributed by atoms with van der Waals surface area (Å²) < 4.78 is 33.8. The van der Waals surface area contributed by atoms with Crippen molar-refractivity contribution < 1.29 is 18.6 Å². The van der Waals surface area contributed by atoms with Gasteiger partial charge in [-0.25, -0.2) is 8.78 Å². The van der Waals surface area contributed by atoms with Gasteiger partial charge in [0.05, 0.1) is 5.60 Å². The second-order valence-corrected chi connectivity index (χ2v) is 7.81. The van der Waals surface area contributed by atoms with Gasteiger partial charge in [0.1, 0.15) is 22.7 Å². The summed E-state index contributed by atoms with van der Waals surface area (Å²) in [5.74, 6) is -1.25. The number of ether oxygens (including phenoxy) is 1. The Morgan fingerprint density at radius 3 is 2.59 bits per heavy atom. The van der Waals surface area contributed by atoms with Gasteiger partial charge >= 0.3 is 0 Å². The molecule has 0 aliphatic carbocycles. The Morgan fingerprint density at radius 1 is 1.37 bits per heavy atom. The van der Waals surface area contributed by atoms with E-state index in [2.05, 4.69) is 26.2 Å². The molecule has 0 fully saturated rings. The van der Waals surface area contributed by atoms with Crippen LogP contribution in [-0.4, -0.2) is 26.8 Å². The lowest BCUT2D eigenvalue weighted by Crippen LogP contribution is -2.34. The standard InChI is InChI=1S/C18H22BrF2N3O3/c1-10(2)24-16(25)14(19)15(23-17(24)22-9-18(3,4)26)27-8-11-5-6-12(20)7-13(11)21/h5-7,10,26H,8-9H2,1-4H3,(H,22,23). The van der Waals surface area contributed by atoms with E-state index >= 15 is 0 Å². The average Bonchev–Trinajstić information content (AvgIpc) is 2.54. The van der Waals surface area contributed by atoms with E-state index in [0.29, 0.717) is 0 Å². The number of hydrogen-bond acceptors (Lipinski definition) is 5. The topological polar surface area (TPSA) is 76.4 Å². The summed E-state index contributed by atoms with van der Waals surface area (Å²) in [5.41, 5.74) is -1.28. The molecular formula is C18H22BrF2N3O3. The van der Waals surface area contributed by atoms with Crippen LogP contribution in [0.15, 0.2) is 27.5 Å². The second-order valence-electron chi connectivity index (χ2n) is 7.01. The zero-order chi connectivity index (χ0) is 20.4. The molecule has 0 amide bonds. The number of nitrogens with zero attached hydrogens (tertiary/aromatic N) is 2. The van der Waals surface area contributed by atoms with E-state index in [1.165, 1.54) is 10.6 Å². The molecule has 1 aromatic heterocycles. The van der Waals surface area contributed by atoms with Crippen molar-refractivity contribution in [1.29, 1.82) is 0 Å². The molecule has 0 radical (unpaired) electrons. The van der Waals surface area contributed by atoms with E-state index in [0.717, 1.165) is 12.1 Å². The quantitative estimate of drug-likeness (QED) is 0.680. The summed E-state index contributed by atoms with van der Waals surface area (Å²) in [7, 11) is 0. The van der Waals surface area contributed by atoms with Gasteiger partial charge in [-0.3, -0.25) is 9.36 Å². The Balaban J connectivity index is 2.35. The molecule has 0 bridgehead atoms. The maximum absolute atomic E-state index is 13.8. The van der Waals surface area contributed by atoms with Crippen molar-refractivity contribution in [2.24, 2.45) is 0 Å². The van der Waals surface area contributed by atoms with Crippen molar-refractivity contribution in [1.82, 2.24) is 9.55 Å². The van der Waals surface area contributed by atoms with Gasteiger partial charge in [0, 0.05) is 24.2 Å². The van der Waals surface area contributed by atoms with Crippen molar-refractivity contribution in [3.8, 4) is 5.88 Å². The smallest absolute Gasteiger partial charge is 0.273 e. The minimum Gasteiger partial charge on any atom is -0.472 e. The van der Waals surface area contributed by atoms with E-state index in [4.69, 9.17) is 4.74 Å². The van der Waals surface area contributed by atoms with Crippen LogP contribution in [0.3, 0.4) is 0 Å². The number of hydrogen-bond donors (Lipinski definition) is 2. The van der Waals surface area contributed by atoms with Crippen molar-refractivity contribution >= 4 is 21.9 Å². The van der Waals surface area contributed by atoms with Gasteiger partial charge in [-0.05, 0) is 55.8 Å². The molecule has 0 atom stereocenters. The van der Waals surface area contributed by atoms with Crippen LogP contribution in [0.5, 0.6) is 5.88 Å². The van der Waals surface area contributed by atoms with Gasteiger partial charge in [0.25, 0.3) is 5.56 Å². The van der Waals surface area contributed by atoms with E-state index < -0.39 is 17.2 Å². The summed E-state index contributed by atoms with van der Waals surface area (Å²) in [6.45, 7) is 6.79. The molecule has 2 rings (SSSR count). The van der Waals surface area contributed by atoms with Crippen LogP contribution in [-0.2, 0) is 6.61 Å². The molecule has 148 valence electrons. The molecule has 0 spiro atoms. The molecule has 6 nitrogen and oxygen atoms in total. The van der Waals surface area contributed by atoms with Crippen LogP contribution in [0.4, 0.5) is 14.7 Å². The fourth-order valence-electron chi connectivity index (χ4n) is 2.27. The van der Waals surface area contributed by atoms with Gasteiger partial charge in [-0.2, -0.15) is 4.98 Å². The summed E-state index contributed by atoms with van der Waals surface area (Å²) in [6.07, 6.45) is 0. The molecule has 0 aliphatic heterocycles. The average molecular weight is 446 g/mol. The lowest BCUT2D eigenvalue weighted by atomic mass is 10.1. The number of aromatic nitrogens is 2. The molecule has 0 aliphatic rings. The van der Waals surface area contributed by atoms with Gasteiger partial charge in [0.2, 0.25) is 11.8 Å². The molecule has 9 heteroatoms. The highest BCUT2D eigenvalue weighted by Gasteiger charge is 2.20. The first-order valence-electron chi connectivity index (χ1n) is 8.34. The number of benzene rings is 1. The fourth-order valence-corrected chi connectivity index (χ4v) is 2.67. The van der Waals surface area contributed by atoms with E-state index in [9.17, 15) is 18.7 Å². The first-order chi connectivity index (χ1) is 12.5. The number of aliphatic hydroxyl groups is 1. The van der Waals surface area contributed by atoms with Crippen LogP contribution in [0.25, 0.3) is 0 Å². The SMILES string of the molecule is CC(C)n1c(NCC(C)(C)O)nc(OCc2ccc(F)cc2F)c(Br)c1=O. The molecule has 2 aromatic rings. The van der Waals surface area contributed by atoms with Crippen molar-refractivity contribution in [2.45, 2.75) is 45.9 Å². The predicted octanol–water partition coefficient (Wildman–Crippen LogP) is 3.63. The number of anilines is 1. The third kappa shape index (κ3) is 5.49. The van der Waals surface area contributed by atoms with Crippen LogP contribution >= 0.6 is 15.9 Å². The van der Waals surface area contributed by atoms with Crippen LogP contribution in [0.1, 0.15) is 39.3 Å². The first kappa shape index (κ1) is 21.3. The Bertz CT molecular complexity index is 879. The Labute approximate surface area is 164 Å². The van der Waals surface area contributed by atoms with Crippen LogP contribution < -0.4 is 15.6 Å². The highest BCUT2D eigenvalue weighted by atomic mass is 79.9. The molecule has 1 heterocycles. The summed E-state index contributed by atoms with van der Waals surface area (Å²) in [5, 5.41) is 12.9. The Morgan fingerprint density at radius 2 is 2.04 bits per heavy atom. The van der Waals surface area contributed by atoms with Gasteiger partial charge < -0.3 is 15.2 Å². The molecule has 0 saturated carbocycles. The van der Waals surface area contributed by atoms with E-state index in [1.54, 1.807) is 13.8 Å². The zero-order valence-corrected chi connectivity index (χ0v) is 17.1. The minimum atomic E-state index is -1.02. The first-order valence-corrected chi connectivity index (χ1v) is 9.14. The fraction of sp³-hybridized carbons (Fsp3) is 0.444. The van der Waals surface area contributed by atoms with Gasteiger partial charge in [0.15, 0.2) is 0 Å². The third-order valence-electron chi connectivity index (χ3n) is 3.60. The van der Waals surface area contributed by atoms with Crippen LogP contribution in [0, 0.1) is 11.6 Å². The maximum Gasteiger partial charge on any atom is 0.273 e. The lowest BCUT2D eigenvalue weighted by molar-refractivity contribution is 0.0941. The number of nitrogens with one attached hydrogen (secondary N) is 1. The molecule has 27 heavy (non-hydrogen) atoms. The predicted molar refractivity (Wildman–Crippen MR) is 102 cm³/mol. The monoisotopic (exact) mass is 445 g/mol. The highest BCUT2D eigenvalue weighted by Crippen LogP contribution is 2.24. The Hall–Kier alpha value is -2.00. The minimum absolute atomic E-state index is 0.0288. The van der Waals surface area contributed by atoms with E-state index in [-0.39, 0.29) is 46.6 Å². The second kappa shape index (κ2) is 8.35. The highest BCUT2D eigenvalue weighted by molar-refractivity contribution is 9.10. The zero-order valence-electron chi connectivity index (χ0n) is 15.5. The number of halogens is 3. The van der Waals surface area contributed by atoms with Gasteiger partial charge in [-0.1, -0.05) is 0 Å². The summed E-state index contributed by atoms with van der Waals surface area (Å²) in [6, 6.07) is 2.95. The van der Waals surface area contributed by atoms with E-state index in [1.807, 2.05) is 13.8 Å². The molecule has 1 aromatic carbocycles. The number of rotatable bonds is 7. The Kier molecular flexibility index (Phi) is 6.59.